The first kappa shape index (κ1) is 16.9. The SMILES string of the molecule is CCCCOC(CC)(OCCC)OCCCC. The van der Waals surface area contributed by atoms with E-state index in [0.717, 1.165) is 38.5 Å². The molecular weight excluding hydrogens is 216 g/mol. The van der Waals surface area contributed by atoms with Gasteiger partial charge < -0.3 is 14.2 Å². The molecule has 0 saturated carbocycles. The predicted octanol–water partition coefficient (Wildman–Crippen LogP) is 4.11. The summed E-state index contributed by atoms with van der Waals surface area (Å²) >= 11 is 0. The smallest absolute Gasteiger partial charge is 0.282 e. The van der Waals surface area contributed by atoms with Crippen molar-refractivity contribution in [1.29, 1.82) is 0 Å². The summed E-state index contributed by atoms with van der Waals surface area (Å²) in [4.78, 5) is 0. The Morgan fingerprint density at radius 1 is 0.647 bits per heavy atom. The third-order valence-electron chi connectivity index (χ3n) is 2.60. The van der Waals surface area contributed by atoms with Gasteiger partial charge in [-0.2, -0.15) is 0 Å². The molecule has 0 aromatic rings. The van der Waals surface area contributed by atoms with E-state index in [1.165, 1.54) is 0 Å². The van der Waals surface area contributed by atoms with Crippen LogP contribution in [0.2, 0.25) is 0 Å². The molecule has 0 bridgehead atoms. The van der Waals surface area contributed by atoms with Crippen LogP contribution < -0.4 is 0 Å². The van der Waals surface area contributed by atoms with E-state index in [-0.39, 0.29) is 0 Å². The lowest BCUT2D eigenvalue weighted by Crippen LogP contribution is -2.39. The van der Waals surface area contributed by atoms with E-state index < -0.39 is 5.97 Å². The van der Waals surface area contributed by atoms with E-state index in [1.54, 1.807) is 0 Å². The molecule has 3 nitrogen and oxygen atoms in total. The Morgan fingerprint density at radius 2 is 1.12 bits per heavy atom. The van der Waals surface area contributed by atoms with Gasteiger partial charge in [0.1, 0.15) is 0 Å². The van der Waals surface area contributed by atoms with Crippen molar-refractivity contribution in [2.45, 2.75) is 72.2 Å². The van der Waals surface area contributed by atoms with Gasteiger partial charge in [-0.3, -0.25) is 0 Å². The summed E-state index contributed by atoms with van der Waals surface area (Å²) in [7, 11) is 0. The van der Waals surface area contributed by atoms with Crippen molar-refractivity contribution in [3.05, 3.63) is 0 Å². The number of hydrogen-bond acceptors (Lipinski definition) is 3. The van der Waals surface area contributed by atoms with Gasteiger partial charge in [0.05, 0.1) is 19.8 Å². The Labute approximate surface area is 107 Å². The van der Waals surface area contributed by atoms with Crippen molar-refractivity contribution < 1.29 is 14.2 Å². The first-order chi connectivity index (χ1) is 8.24. The molecule has 0 amide bonds. The maximum Gasteiger partial charge on any atom is 0.282 e. The van der Waals surface area contributed by atoms with Crippen molar-refractivity contribution >= 4 is 0 Å². The summed E-state index contributed by atoms with van der Waals surface area (Å²) in [6.45, 7) is 10.6. The van der Waals surface area contributed by atoms with Crippen molar-refractivity contribution in [2.24, 2.45) is 0 Å². The average molecular weight is 246 g/mol. The lowest BCUT2D eigenvalue weighted by atomic mass is 10.3. The second-order valence-corrected chi connectivity index (χ2v) is 4.29. The van der Waals surface area contributed by atoms with E-state index in [0.29, 0.717) is 19.8 Å². The van der Waals surface area contributed by atoms with Crippen molar-refractivity contribution in [3.8, 4) is 0 Å². The molecule has 0 aliphatic carbocycles. The number of rotatable bonds is 12. The predicted molar refractivity (Wildman–Crippen MR) is 71.0 cm³/mol. The monoisotopic (exact) mass is 246 g/mol. The third kappa shape index (κ3) is 7.74. The Morgan fingerprint density at radius 3 is 1.47 bits per heavy atom. The molecule has 3 heteroatoms. The quantitative estimate of drug-likeness (QED) is 0.383. The van der Waals surface area contributed by atoms with Gasteiger partial charge in [-0.05, 0) is 19.3 Å². The van der Waals surface area contributed by atoms with Crippen molar-refractivity contribution in [3.63, 3.8) is 0 Å². The largest absolute Gasteiger partial charge is 0.327 e. The van der Waals surface area contributed by atoms with Gasteiger partial charge >= 0.3 is 0 Å². The fraction of sp³-hybridized carbons (Fsp3) is 1.00. The van der Waals surface area contributed by atoms with Crippen LogP contribution in [0.15, 0.2) is 0 Å². The maximum atomic E-state index is 5.82. The van der Waals surface area contributed by atoms with E-state index in [9.17, 15) is 0 Å². The molecule has 0 aliphatic heterocycles. The van der Waals surface area contributed by atoms with Gasteiger partial charge in [-0.1, -0.05) is 40.5 Å². The van der Waals surface area contributed by atoms with Crippen LogP contribution >= 0.6 is 0 Å². The molecule has 0 rings (SSSR count). The highest BCUT2D eigenvalue weighted by Crippen LogP contribution is 2.21. The van der Waals surface area contributed by atoms with Crippen molar-refractivity contribution in [2.75, 3.05) is 19.8 Å². The van der Waals surface area contributed by atoms with E-state index in [1.807, 2.05) is 6.92 Å². The molecule has 0 aliphatic rings. The number of hydrogen-bond donors (Lipinski definition) is 0. The lowest BCUT2D eigenvalue weighted by molar-refractivity contribution is -0.382. The van der Waals surface area contributed by atoms with Gasteiger partial charge in [-0.15, -0.1) is 0 Å². The molecule has 0 atom stereocenters. The van der Waals surface area contributed by atoms with Crippen LogP contribution in [0.5, 0.6) is 0 Å². The molecule has 0 spiro atoms. The molecular formula is C14H30O3. The van der Waals surface area contributed by atoms with Crippen LogP contribution in [0.4, 0.5) is 0 Å². The standard InChI is InChI=1S/C14H30O3/c1-5-9-12-16-14(8-4,15-11-7-3)17-13-10-6-2/h5-13H2,1-4H3. The Bertz CT molecular complexity index is 150. The molecule has 0 radical (unpaired) electrons. The Kier molecular flexibility index (Phi) is 10.9. The van der Waals surface area contributed by atoms with Crippen LogP contribution in [-0.4, -0.2) is 25.8 Å². The highest BCUT2D eigenvalue weighted by Gasteiger charge is 2.30. The van der Waals surface area contributed by atoms with Gasteiger partial charge in [0, 0.05) is 6.42 Å². The van der Waals surface area contributed by atoms with Gasteiger partial charge in [-0.25, -0.2) is 0 Å². The summed E-state index contributed by atoms with van der Waals surface area (Å²) in [6, 6.07) is 0. The zero-order valence-corrected chi connectivity index (χ0v) is 12.1. The summed E-state index contributed by atoms with van der Waals surface area (Å²) in [5.74, 6) is -0.805. The van der Waals surface area contributed by atoms with E-state index >= 15 is 0 Å². The topological polar surface area (TPSA) is 27.7 Å². The third-order valence-corrected chi connectivity index (χ3v) is 2.60. The minimum atomic E-state index is -0.805. The molecule has 0 aromatic heterocycles. The number of ether oxygens (including phenoxy) is 3. The molecule has 0 unspecified atom stereocenters. The summed E-state index contributed by atoms with van der Waals surface area (Å²) in [5.41, 5.74) is 0. The van der Waals surface area contributed by atoms with E-state index in [4.69, 9.17) is 14.2 Å². The Balaban J connectivity index is 4.17. The van der Waals surface area contributed by atoms with Crippen LogP contribution in [0, 0.1) is 0 Å². The summed E-state index contributed by atoms with van der Waals surface area (Å²) < 4.78 is 17.4. The van der Waals surface area contributed by atoms with Gasteiger partial charge in [0.2, 0.25) is 0 Å². The fourth-order valence-electron chi connectivity index (χ4n) is 1.43. The molecule has 0 N–H and O–H groups in total. The maximum absolute atomic E-state index is 5.82. The van der Waals surface area contributed by atoms with Crippen LogP contribution in [0.3, 0.4) is 0 Å². The molecule has 17 heavy (non-hydrogen) atoms. The normalized spacial score (nSPS) is 12.0. The molecule has 0 fully saturated rings. The van der Waals surface area contributed by atoms with Crippen LogP contribution in [-0.2, 0) is 14.2 Å². The highest BCUT2D eigenvalue weighted by molar-refractivity contribution is 4.56. The number of unbranched alkanes of at least 4 members (excludes halogenated alkanes) is 2. The molecule has 0 aromatic carbocycles. The summed E-state index contributed by atoms with van der Waals surface area (Å²) in [5, 5.41) is 0. The highest BCUT2D eigenvalue weighted by atomic mass is 16.9. The second-order valence-electron chi connectivity index (χ2n) is 4.29. The van der Waals surface area contributed by atoms with Crippen LogP contribution in [0.1, 0.15) is 66.2 Å². The zero-order chi connectivity index (χ0) is 13.0. The molecule has 0 heterocycles. The summed E-state index contributed by atoms with van der Waals surface area (Å²) in [6.07, 6.45) is 6.07. The minimum absolute atomic E-state index is 0.687. The minimum Gasteiger partial charge on any atom is -0.327 e. The molecule has 104 valence electrons. The van der Waals surface area contributed by atoms with E-state index in [2.05, 4.69) is 20.8 Å². The molecule has 0 saturated heterocycles. The Hall–Kier alpha value is -0.120. The van der Waals surface area contributed by atoms with Crippen molar-refractivity contribution in [1.82, 2.24) is 0 Å². The van der Waals surface area contributed by atoms with Crippen LogP contribution in [0.25, 0.3) is 0 Å². The first-order valence-electron chi connectivity index (χ1n) is 7.16. The fourth-order valence-corrected chi connectivity index (χ4v) is 1.43. The lowest BCUT2D eigenvalue weighted by Gasteiger charge is -2.32. The van der Waals surface area contributed by atoms with Gasteiger partial charge in [0.15, 0.2) is 0 Å². The first-order valence-corrected chi connectivity index (χ1v) is 7.16. The van der Waals surface area contributed by atoms with Gasteiger partial charge in [0.25, 0.3) is 5.97 Å². The second kappa shape index (κ2) is 11.0. The zero-order valence-electron chi connectivity index (χ0n) is 12.1. The average Bonchev–Trinajstić information content (AvgIpc) is 2.36.